The SMILES string of the molecule is Cn1c(SCc2ccc(Cl)cc2)nnc1-c1cc2cc(Cl)ccc2o1. The van der Waals surface area contributed by atoms with E-state index in [1.165, 1.54) is 5.56 Å². The van der Waals surface area contributed by atoms with Crippen LogP contribution in [0, 0.1) is 0 Å². The second-order valence-corrected chi connectivity index (χ2v) is 7.39. The Morgan fingerprint density at radius 2 is 1.76 bits per heavy atom. The van der Waals surface area contributed by atoms with Crippen LogP contribution in [0.1, 0.15) is 5.56 Å². The second-order valence-electron chi connectivity index (χ2n) is 5.57. The summed E-state index contributed by atoms with van der Waals surface area (Å²) in [5.41, 5.74) is 1.95. The Hall–Kier alpha value is -1.95. The molecule has 0 amide bonds. The molecule has 0 aliphatic carbocycles. The Morgan fingerprint density at radius 1 is 1.00 bits per heavy atom. The van der Waals surface area contributed by atoms with E-state index >= 15 is 0 Å². The normalized spacial score (nSPS) is 11.3. The van der Waals surface area contributed by atoms with Gasteiger partial charge in [-0.2, -0.15) is 0 Å². The van der Waals surface area contributed by atoms with Gasteiger partial charge >= 0.3 is 0 Å². The standard InChI is InChI=1S/C18H13Cl2N3OS/c1-23-17(16-9-12-8-14(20)6-7-15(12)24-16)21-22-18(23)25-10-11-2-4-13(19)5-3-11/h2-9H,10H2,1H3. The van der Waals surface area contributed by atoms with Crippen molar-refractivity contribution < 1.29 is 4.42 Å². The van der Waals surface area contributed by atoms with Crippen LogP contribution in [-0.4, -0.2) is 14.8 Å². The van der Waals surface area contributed by atoms with Crippen molar-refractivity contribution in [2.45, 2.75) is 10.9 Å². The van der Waals surface area contributed by atoms with Gasteiger partial charge in [-0.25, -0.2) is 0 Å². The third kappa shape index (κ3) is 3.40. The third-order valence-electron chi connectivity index (χ3n) is 3.81. The number of hydrogen-bond acceptors (Lipinski definition) is 4. The molecule has 7 heteroatoms. The number of hydrogen-bond donors (Lipinski definition) is 0. The van der Waals surface area contributed by atoms with Crippen molar-refractivity contribution in [3.8, 4) is 11.6 Å². The van der Waals surface area contributed by atoms with Crippen LogP contribution in [0.25, 0.3) is 22.6 Å². The molecule has 4 aromatic rings. The lowest BCUT2D eigenvalue weighted by atomic mass is 10.2. The first-order valence-electron chi connectivity index (χ1n) is 7.56. The molecule has 4 rings (SSSR count). The minimum absolute atomic E-state index is 0.672. The molecule has 126 valence electrons. The van der Waals surface area contributed by atoms with Gasteiger partial charge < -0.3 is 8.98 Å². The second kappa shape index (κ2) is 6.75. The highest BCUT2D eigenvalue weighted by Crippen LogP contribution is 2.30. The summed E-state index contributed by atoms with van der Waals surface area (Å²) in [5, 5.41) is 11.7. The van der Waals surface area contributed by atoms with Crippen LogP contribution in [0.4, 0.5) is 0 Å². The fourth-order valence-corrected chi connectivity index (χ4v) is 3.68. The number of thioether (sulfide) groups is 1. The number of aromatic nitrogens is 3. The molecule has 2 heterocycles. The summed E-state index contributed by atoms with van der Waals surface area (Å²) < 4.78 is 7.80. The van der Waals surface area contributed by atoms with Crippen LogP contribution in [-0.2, 0) is 12.8 Å². The van der Waals surface area contributed by atoms with E-state index in [1.807, 2.05) is 54.1 Å². The minimum atomic E-state index is 0.672. The Morgan fingerprint density at radius 3 is 2.56 bits per heavy atom. The smallest absolute Gasteiger partial charge is 0.200 e. The molecular weight excluding hydrogens is 377 g/mol. The number of halogens is 2. The quantitative estimate of drug-likeness (QED) is 0.412. The monoisotopic (exact) mass is 389 g/mol. The predicted molar refractivity (Wildman–Crippen MR) is 102 cm³/mol. The van der Waals surface area contributed by atoms with Gasteiger partial charge in [-0.15, -0.1) is 10.2 Å². The van der Waals surface area contributed by atoms with Crippen LogP contribution in [0.3, 0.4) is 0 Å². The highest BCUT2D eigenvalue weighted by molar-refractivity contribution is 7.98. The van der Waals surface area contributed by atoms with E-state index in [9.17, 15) is 0 Å². The van der Waals surface area contributed by atoms with Crippen LogP contribution in [0.15, 0.2) is 58.1 Å². The Bertz CT molecular complexity index is 1040. The maximum atomic E-state index is 6.03. The van der Waals surface area contributed by atoms with Gasteiger partial charge in [-0.05, 0) is 42.0 Å². The average molecular weight is 390 g/mol. The van der Waals surface area contributed by atoms with E-state index in [4.69, 9.17) is 27.6 Å². The topological polar surface area (TPSA) is 43.9 Å². The molecule has 2 aromatic heterocycles. The third-order valence-corrected chi connectivity index (χ3v) is 5.39. The minimum Gasteiger partial charge on any atom is -0.453 e. The molecule has 0 N–H and O–H groups in total. The molecule has 0 bridgehead atoms. The molecule has 0 saturated heterocycles. The largest absolute Gasteiger partial charge is 0.453 e. The van der Waals surface area contributed by atoms with Gasteiger partial charge in [0.1, 0.15) is 5.58 Å². The lowest BCUT2D eigenvalue weighted by Crippen LogP contribution is -1.94. The van der Waals surface area contributed by atoms with Crippen molar-refractivity contribution >= 4 is 45.9 Å². The Kier molecular flexibility index (Phi) is 4.46. The van der Waals surface area contributed by atoms with Crippen molar-refractivity contribution in [3.63, 3.8) is 0 Å². The van der Waals surface area contributed by atoms with E-state index in [2.05, 4.69) is 10.2 Å². The number of benzene rings is 2. The number of furan rings is 1. The lowest BCUT2D eigenvalue weighted by molar-refractivity contribution is 0.618. The number of nitrogens with zero attached hydrogens (tertiary/aromatic N) is 3. The molecule has 0 atom stereocenters. The molecule has 0 aliphatic heterocycles. The van der Waals surface area contributed by atoms with Crippen LogP contribution < -0.4 is 0 Å². The van der Waals surface area contributed by atoms with Gasteiger partial charge in [0.2, 0.25) is 0 Å². The molecule has 0 saturated carbocycles. The molecule has 0 fully saturated rings. The van der Waals surface area contributed by atoms with E-state index < -0.39 is 0 Å². The van der Waals surface area contributed by atoms with Gasteiger partial charge in [0.25, 0.3) is 0 Å². The van der Waals surface area contributed by atoms with Gasteiger partial charge in [0, 0.05) is 28.2 Å². The summed E-state index contributed by atoms with van der Waals surface area (Å²) >= 11 is 13.6. The predicted octanol–water partition coefficient (Wildman–Crippen LogP) is 5.83. The van der Waals surface area contributed by atoms with Crippen LogP contribution in [0.2, 0.25) is 10.0 Å². The van der Waals surface area contributed by atoms with Crippen molar-refractivity contribution in [3.05, 3.63) is 64.1 Å². The fourth-order valence-electron chi connectivity index (χ4n) is 2.51. The molecule has 0 spiro atoms. The molecular formula is C18H13Cl2N3OS. The Balaban J connectivity index is 1.58. The number of rotatable bonds is 4. The van der Waals surface area contributed by atoms with Gasteiger partial charge in [-0.3, -0.25) is 0 Å². The maximum Gasteiger partial charge on any atom is 0.200 e. The summed E-state index contributed by atoms with van der Waals surface area (Å²) in [5.74, 6) is 2.15. The van der Waals surface area contributed by atoms with E-state index in [-0.39, 0.29) is 0 Å². The molecule has 0 unspecified atom stereocenters. The molecule has 25 heavy (non-hydrogen) atoms. The average Bonchev–Trinajstić information content (AvgIpc) is 3.17. The van der Waals surface area contributed by atoms with Gasteiger partial charge in [-0.1, -0.05) is 47.1 Å². The van der Waals surface area contributed by atoms with Crippen LogP contribution in [0.5, 0.6) is 0 Å². The van der Waals surface area contributed by atoms with Gasteiger partial charge in [0.05, 0.1) is 0 Å². The molecule has 0 radical (unpaired) electrons. The first-order valence-corrected chi connectivity index (χ1v) is 9.30. The summed E-state index contributed by atoms with van der Waals surface area (Å²) in [6, 6.07) is 15.3. The zero-order chi connectivity index (χ0) is 17.4. The molecule has 0 aliphatic rings. The van der Waals surface area contributed by atoms with Gasteiger partial charge in [0.15, 0.2) is 16.7 Å². The summed E-state index contributed by atoms with van der Waals surface area (Å²) in [6.07, 6.45) is 0. The zero-order valence-electron chi connectivity index (χ0n) is 13.2. The summed E-state index contributed by atoms with van der Waals surface area (Å²) in [6.45, 7) is 0. The van der Waals surface area contributed by atoms with Crippen LogP contribution >= 0.6 is 35.0 Å². The molecule has 4 nitrogen and oxygen atoms in total. The highest BCUT2D eigenvalue weighted by atomic mass is 35.5. The Labute approximate surface area is 158 Å². The first kappa shape index (κ1) is 16.5. The fraction of sp³-hybridized carbons (Fsp3) is 0.111. The summed E-state index contributed by atoms with van der Waals surface area (Å²) in [7, 11) is 1.93. The van der Waals surface area contributed by atoms with Crippen molar-refractivity contribution in [2.75, 3.05) is 0 Å². The van der Waals surface area contributed by atoms with Crippen molar-refractivity contribution in [1.82, 2.24) is 14.8 Å². The van der Waals surface area contributed by atoms with E-state index in [0.29, 0.717) is 16.6 Å². The maximum absolute atomic E-state index is 6.03. The zero-order valence-corrected chi connectivity index (χ0v) is 15.6. The lowest BCUT2D eigenvalue weighted by Gasteiger charge is -2.02. The number of fused-ring (bicyclic) bond motifs is 1. The highest BCUT2D eigenvalue weighted by Gasteiger charge is 2.15. The van der Waals surface area contributed by atoms with E-state index in [1.54, 1.807) is 17.8 Å². The molecule has 2 aromatic carbocycles. The van der Waals surface area contributed by atoms with Crippen molar-refractivity contribution in [2.24, 2.45) is 7.05 Å². The van der Waals surface area contributed by atoms with Crippen molar-refractivity contribution in [1.29, 1.82) is 0 Å². The first-order chi connectivity index (χ1) is 12.1. The summed E-state index contributed by atoms with van der Waals surface area (Å²) in [4.78, 5) is 0. The van der Waals surface area contributed by atoms with E-state index in [0.717, 1.165) is 26.9 Å².